The second kappa shape index (κ2) is 12.9. The highest BCUT2D eigenvalue weighted by atomic mass is 16.6. The number of aliphatic hydroxyl groups is 1. The molecule has 0 heterocycles. The molecule has 0 aliphatic rings. The maximum atomic E-state index is 12.1. The number of ether oxygens (including phenoxy) is 4. The first-order valence-corrected chi connectivity index (χ1v) is 8.79. The van der Waals surface area contributed by atoms with Crippen LogP contribution in [0.4, 0.5) is 0 Å². The summed E-state index contributed by atoms with van der Waals surface area (Å²) in [5.74, 6) is -2.31. The lowest BCUT2D eigenvalue weighted by Gasteiger charge is -2.11. The van der Waals surface area contributed by atoms with Crippen molar-refractivity contribution in [2.24, 2.45) is 0 Å². The number of Topliss-reactive ketones (excluding diaryl/α,β-unsaturated/α-hetero) is 2. The normalized spacial score (nSPS) is 10.7. The number of benzene rings is 1. The summed E-state index contributed by atoms with van der Waals surface area (Å²) in [4.78, 5) is 35.4. The van der Waals surface area contributed by atoms with E-state index in [0.29, 0.717) is 26.4 Å². The number of hydrogen-bond acceptors (Lipinski definition) is 9. The summed E-state index contributed by atoms with van der Waals surface area (Å²) in [5, 5.41) is 18.7. The molecule has 0 aliphatic heterocycles. The first-order valence-electron chi connectivity index (χ1n) is 8.79. The Hall–Kier alpha value is -2.33. The number of carbonyl (C=O) groups excluding carboxylic acids is 3. The van der Waals surface area contributed by atoms with Crippen LogP contribution in [0.3, 0.4) is 0 Å². The third-order valence-corrected chi connectivity index (χ3v) is 3.57. The predicted octanol–water partition coefficient (Wildman–Crippen LogP) is 0.996. The van der Waals surface area contributed by atoms with Crippen molar-refractivity contribution in [3.05, 3.63) is 28.8 Å². The summed E-state index contributed by atoms with van der Waals surface area (Å²) in [6.45, 7) is 4.18. The molecule has 1 aromatic rings. The molecule has 0 radical (unpaired) electrons. The number of aromatic hydroxyl groups is 1. The minimum atomic E-state index is -0.823. The Morgan fingerprint density at radius 1 is 0.786 bits per heavy atom. The largest absolute Gasteiger partial charge is 0.506 e. The van der Waals surface area contributed by atoms with E-state index in [4.69, 9.17) is 24.1 Å². The predicted molar refractivity (Wildman–Crippen MR) is 97.9 cm³/mol. The molecule has 0 spiro atoms. The maximum absolute atomic E-state index is 12.1. The maximum Gasteiger partial charge on any atom is 0.342 e. The number of hydrogen-bond donors (Lipinski definition) is 2. The number of phenolic OH excluding ortho intramolecular Hbond substituents is 1. The van der Waals surface area contributed by atoms with Gasteiger partial charge in [-0.2, -0.15) is 0 Å². The van der Waals surface area contributed by atoms with Gasteiger partial charge < -0.3 is 29.2 Å². The molecule has 1 rings (SSSR count). The zero-order valence-electron chi connectivity index (χ0n) is 16.1. The van der Waals surface area contributed by atoms with Crippen molar-refractivity contribution in [1.82, 2.24) is 0 Å². The van der Waals surface area contributed by atoms with Gasteiger partial charge in [-0.15, -0.1) is 0 Å². The van der Waals surface area contributed by atoms with Gasteiger partial charge in [-0.1, -0.05) is 0 Å². The van der Waals surface area contributed by atoms with E-state index in [1.54, 1.807) is 0 Å². The van der Waals surface area contributed by atoms with Gasteiger partial charge in [-0.05, 0) is 26.0 Å². The molecule has 28 heavy (non-hydrogen) atoms. The number of aliphatic hydroxyl groups excluding tert-OH is 1. The van der Waals surface area contributed by atoms with Crippen LogP contribution in [-0.2, 0) is 18.9 Å². The van der Waals surface area contributed by atoms with Gasteiger partial charge in [0.25, 0.3) is 0 Å². The van der Waals surface area contributed by atoms with Gasteiger partial charge in [0.2, 0.25) is 0 Å². The summed E-state index contributed by atoms with van der Waals surface area (Å²) in [6, 6.07) is 2.56. The van der Waals surface area contributed by atoms with Crippen molar-refractivity contribution in [2.45, 2.75) is 13.8 Å². The molecule has 1 aromatic carbocycles. The lowest BCUT2D eigenvalue weighted by Crippen LogP contribution is -2.15. The van der Waals surface area contributed by atoms with Crippen LogP contribution in [0.25, 0.3) is 0 Å². The van der Waals surface area contributed by atoms with Gasteiger partial charge in [0.1, 0.15) is 17.9 Å². The molecular formula is C19H26O9. The van der Waals surface area contributed by atoms with Crippen molar-refractivity contribution in [3.8, 4) is 5.75 Å². The van der Waals surface area contributed by atoms with E-state index in [2.05, 4.69) is 0 Å². The highest BCUT2D eigenvalue weighted by Crippen LogP contribution is 2.27. The molecule has 0 unspecified atom stereocenters. The zero-order valence-corrected chi connectivity index (χ0v) is 16.1. The van der Waals surface area contributed by atoms with Crippen molar-refractivity contribution in [2.75, 3.05) is 52.9 Å². The molecule has 0 saturated carbocycles. The molecule has 0 saturated heterocycles. The summed E-state index contributed by atoms with van der Waals surface area (Å²) in [6.07, 6.45) is 0. The lowest BCUT2D eigenvalue weighted by atomic mass is 9.97. The summed E-state index contributed by atoms with van der Waals surface area (Å²) >= 11 is 0. The van der Waals surface area contributed by atoms with Crippen molar-refractivity contribution >= 4 is 17.5 Å². The van der Waals surface area contributed by atoms with Crippen LogP contribution in [0.5, 0.6) is 5.75 Å². The van der Waals surface area contributed by atoms with E-state index in [-0.39, 0.29) is 43.1 Å². The molecule has 0 amide bonds. The van der Waals surface area contributed by atoms with Crippen LogP contribution >= 0.6 is 0 Å². The number of phenols is 1. The van der Waals surface area contributed by atoms with Crippen LogP contribution in [-0.4, -0.2) is 80.6 Å². The van der Waals surface area contributed by atoms with Gasteiger partial charge in [0, 0.05) is 5.56 Å². The monoisotopic (exact) mass is 398 g/mol. The van der Waals surface area contributed by atoms with Gasteiger partial charge in [0.15, 0.2) is 11.6 Å². The molecule has 9 heteroatoms. The van der Waals surface area contributed by atoms with Crippen molar-refractivity contribution in [1.29, 1.82) is 0 Å². The number of rotatable bonds is 14. The summed E-state index contributed by atoms with van der Waals surface area (Å²) < 4.78 is 20.5. The Bertz CT molecular complexity index is 670. The van der Waals surface area contributed by atoms with Gasteiger partial charge in [-0.25, -0.2) is 4.79 Å². The Labute approximate surface area is 163 Å². The SMILES string of the molecule is CC(=O)c1ccc(C(=O)OCCOCCOCCOCCO)c(O)c1C(C)=O. The van der Waals surface area contributed by atoms with Crippen LogP contribution in [0.1, 0.15) is 44.9 Å². The van der Waals surface area contributed by atoms with Crippen molar-refractivity contribution < 1.29 is 43.5 Å². The smallest absolute Gasteiger partial charge is 0.342 e. The highest BCUT2D eigenvalue weighted by Gasteiger charge is 2.23. The zero-order chi connectivity index (χ0) is 20.9. The summed E-state index contributed by atoms with van der Waals surface area (Å²) in [5.41, 5.74) is -0.341. The van der Waals surface area contributed by atoms with Gasteiger partial charge >= 0.3 is 5.97 Å². The second-order valence-corrected chi connectivity index (χ2v) is 5.69. The molecule has 0 bridgehead atoms. The molecule has 156 valence electrons. The minimum absolute atomic E-state index is 0.0312. The van der Waals surface area contributed by atoms with E-state index in [1.807, 2.05) is 0 Å². The highest BCUT2D eigenvalue weighted by molar-refractivity contribution is 6.11. The van der Waals surface area contributed by atoms with E-state index in [1.165, 1.54) is 26.0 Å². The molecule has 0 aromatic heterocycles. The molecule has 2 N–H and O–H groups in total. The average molecular weight is 398 g/mol. The quantitative estimate of drug-likeness (QED) is 0.268. The van der Waals surface area contributed by atoms with E-state index in [9.17, 15) is 19.5 Å². The van der Waals surface area contributed by atoms with Crippen LogP contribution < -0.4 is 0 Å². The fraction of sp³-hybridized carbons (Fsp3) is 0.526. The lowest BCUT2D eigenvalue weighted by molar-refractivity contribution is -0.00319. The molecule has 9 nitrogen and oxygen atoms in total. The Morgan fingerprint density at radius 3 is 1.79 bits per heavy atom. The molecule has 0 atom stereocenters. The number of ketones is 2. The molecule has 0 aliphatic carbocycles. The number of carbonyl (C=O) groups is 3. The van der Waals surface area contributed by atoms with E-state index < -0.39 is 23.3 Å². The topological polar surface area (TPSA) is 129 Å². The fourth-order valence-corrected chi connectivity index (χ4v) is 2.28. The van der Waals surface area contributed by atoms with Gasteiger partial charge in [0.05, 0.1) is 51.8 Å². The van der Waals surface area contributed by atoms with Crippen molar-refractivity contribution in [3.63, 3.8) is 0 Å². The number of esters is 1. The van der Waals surface area contributed by atoms with Crippen LogP contribution in [0.2, 0.25) is 0 Å². The second-order valence-electron chi connectivity index (χ2n) is 5.69. The van der Waals surface area contributed by atoms with E-state index in [0.717, 1.165) is 0 Å². The Kier molecular flexibility index (Phi) is 11.0. The van der Waals surface area contributed by atoms with Crippen LogP contribution in [0, 0.1) is 0 Å². The first kappa shape index (κ1) is 23.7. The third kappa shape index (κ3) is 7.73. The fourth-order valence-electron chi connectivity index (χ4n) is 2.28. The molecule has 0 fully saturated rings. The first-order chi connectivity index (χ1) is 13.4. The third-order valence-electron chi connectivity index (χ3n) is 3.57. The minimum Gasteiger partial charge on any atom is -0.506 e. The van der Waals surface area contributed by atoms with Crippen LogP contribution in [0.15, 0.2) is 12.1 Å². The summed E-state index contributed by atoms with van der Waals surface area (Å²) in [7, 11) is 0. The molecular weight excluding hydrogens is 372 g/mol. The standard InChI is InChI=1S/C19H26O9/c1-13(21)15-3-4-16(18(23)17(15)14(2)22)19(24)28-12-11-27-10-9-26-8-7-25-6-5-20/h3-4,20,23H,5-12H2,1-2H3. The Morgan fingerprint density at radius 2 is 1.29 bits per heavy atom. The van der Waals surface area contributed by atoms with E-state index >= 15 is 0 Å². The average Bonchev–Trinajstić information content (AvgIpc) is 2.65. The van der Waals surface area contributed by atoms with Gasteiger partial charge in [-0.3, -0.25) is 9.59 Å². The Balaban J connectivity index is 2.37.